The van der Waals surface area contributed by atoms with Crippen LogP contribution in [0.15, 0.2) is 27.1 Å². The number of anilines is 1. The third-order valence-corrected chi connectivity index (χ3v) is 4.26. The van der Waals surface area contributed by atoms with Crippen molar-refractivity contribution in [2.45, 2.75) is 6.61 Å². The lowest BCUT2D eigenvalue weighted by Gasteiger charge is -2.11. The number of nitrogens with one attached hydrogen (secondary N) is 1. The first-order chi connectivity index (χ1) is 9.56. The van der Waals surface area contributed by atoms with Gasteiger partial charge in [0.2, 0.25) is 0 Å². The smallest absolute Gasteiger partial charge is 0.163 e. The highest BCUT2D eigenvalue weighted by molar-refractivity contribution is 9.11. The average Bonchev–Trinajstić information content (AvgIpc) is 2.44. The third kappa shape index (κ3) is 3.31. The first-order valence-corrected chi connectivity index (χ1v) is 7.71. The summed E-state index contributed by atoms with van der Waals surface area (Å²) in [5.74, 6) is 1.24. The van der Waals surface area contributed by atoms with Crippen LogP contribution < -0.4 is 5.32 Å². The zero-order valence-corrected chi connectivity index (χ0v) is 14.8. The Labute approximate surface area is 139 Å². The predicted molar refractivity (Wildman–Crippen MR) is 88.1 cm³/mol. The largest absolute Gasteiger partial charge is 0.378 e. The van der Waals surface area contributed by atoms with Crippen LogP contribution in [0.2, 0.25) is 5.02 Å². The molecule has 0 saturated carbocycles. The summed E-state index contributed by atoms with van der Waals surface area (Å²) >= 11 is 13.1. The van der Waals surface area contributed by atoms with Crippen LogP contribution in [0.5, 0.6) is 0 Å². The molecule has 1 aromatic heterocycles. The molecule has 7 heteroatoms. The summed E-state index contributed by atoms with van der Waals surface area (Å²) in [6.07, 6.45) is 0. The standard InChI is InChI=1S/C13H12Br2ClN3O/c1-17-13-11(15)10(6-20-2)18-12(19-13)8-5-7(14)3-4-9(8)16/h3-5H,6H2,1-2H3,(H,17,18,19). The van der Waals surface area contributed by atoms with Gasteiger partial charge in [0.1, 0.15) is 5.82 Å². The monoisotopic (exact) mass is 419 g/mol. The van der Waals surface area contributed by atoms with Crippen molar-refractivity contribution in [3.05, 3.63) is 37.9 Å². The molecule has 106 valence electrons. The number of ether oxygens (including phenoxy) is 1. The highest BCUT2D eigenvalue weighted by Gasteiger charge is 2.14. The molecule has 0 aliphatic rings. The van der Waals surface area contributed by atoms with E-state index in [9.17, 15) is 0 Å². The summed E-state index contributed by atoms with van der Waals surface area (Å²) in [7, 11) is 3.43. The van der Waals surface area contributed by atoms with Gasteiger partial charge in [-0.25, -0.2) is 9.97 Å². The fourth-order valence-electron chi connectivity index (χ4n) is 1.68. The molecule has 1 aromatic carbocycles. The summed E-state index contributed by atoms with van der Waals surface area (Å²) in [5, 5.41) is 3.63. The molecule has 0 aliphatic carbocycles. The molecule has 0 bridgehead atoms. The van der Waals surface area contributed by atoms with Crippen molar-refractivity contribution < 1.29 is 4.74 Å². The van der Waals surface area contributed by atoms with Gasteiger partial charge in [-0.05, 0) is 34.1 Å². The summed E-state index contributed by atoms with van der Waals surface area (Å²) < 4.78 is 6.87. The Morgan fingerprint density at radius 1 is 1.30 bits per heavy atom. The van der Waals surface area contributed by atoms with E-state index < -0.39 is 0 Å². The van der Waals surface area contributed by atoms with Gasteiger partial charge in [0, 0.05) is 24.2 Å². The van der Waals surface area contributed by atoms with Crippen molar-refractivity contribution in [3.8, 4) is 11.4 Å². The van der Waals surface area contributed by atoms with Gasteiger partial charge in [-0.15, -0.1) is 0 Å². The minimum atomic E-state index is 0.385. The van der Waals surface area contributed by atoms with E-state index in [1.54, 1.807) is 20.2 Å². The second kappa shape index (κ2) is 6.85. The van der Waals surface area contributed by atoms with Crippen molar-refractivity contribution in [1.82, 2.24) is 9.97 Å². The highest BCUT2D eigenvalue weighted by Crippen LogP contribution is 2.32. The highest BCUT2D eigenvalue weighted by atomic mass is 79.9. The summed E-state index contributed by atoms with van der Waals surface area (Å²) in [5.41, 5.74) is 1.53. The maximum absolute atomic E-state index is 6.23. The molecule has 2 aromatic rings. The normalized spacial score (nSPS) is 10.7. The first kappa shape index (κ1) is 15.7. The molecule has 0 spiro atoms. The lowest BCUT2D eigenvalue weighted by Crippen LogP contribution is -2.04. The Balaban J connectivity index is 2.61. The summed E-state index contributed by atoms with van der Waals surface area (Å²) in [4.78, 5) is 8.99. The van der Waals surface area contributed by atoms with Crippen LogP contribution in [0.1, 0.15) is 5.69 Å². The Kier molecular flexibility index (Phi) is 5.37. The Morgan fingerprint density at radius 2 is 2.05 bits per heavy atom. The van der Waals surface area contributed by atoms with Crippen molar-refractivity contribution in [2.24, 2.45) is 0 Å². The quantitative estimate of drug-likeness (QED) is 0.789. The van der Waals surface area contributed by atoms with E-state index in [2.05, 4.69) is 47.1 Å². The fraction of sp³-hybridized carbons (Fsp3) is 0.231. The van der Waals surface area contributed by atoms with E-state index in [1.807, 2.05) is 12.1 Å². The number of hydrogen-bond donors (Lipinski definition) is 1. The van der Waals surface area contributed by atoms with Crippen LogP contribution in [0, 0.1) is 0 Å². The van der Waals surface area contributed by atoms with Gasteiger partial charge in [-0.3, -0.25) is 0 Å². The minimum Gasteiger partial charge on any atom is -0.378 e. The molecular weight excluding hydrogens is 409 g/mol. The number of halogens is 3. The van der Waals surface area contributed by atoms with Crippen LogP contribution in [0.4, 0.5) is 5.82 Å². The van der Waals surface area contributed by atoms with E-state index in [1.165, 1.54) is 0 Å². The molecule has 0 fully saturated rings. The van der Waals surface area contributed by atoms with E-state index in [-0.39, 0.29) is 0 Å². The van der Waals surface area contributed by atoms with Crippen molar-refractivity contribution in [2.75, 3.05) is 19.5 Å². The van der Waals surface area contributed by atoms with Crippen LogP contribution in [0.25, 0.3) is 11.4 Å². The fourth-order valence-corrected chi connectivity index (χ4v) is 2.73. The second-order valence-electron chi connectivity index (χ2n) is 3.96. The number of hydrogen-bond acceptors (Lipinski definition) is 4. The maximum Gasteiger partial charge on any atom is 0.163 e. The first-order valence-electron chi connectivity index (χ1n) is 5.75. The van der Waals surface area contributed by atoms with Crippen LogP contribution in [0.3, 0.4) is 0 Å². The second-order valence-corrected chi connectivity index (χ2v) is 6.08. The lowest BCUT2D eigenvalue weighted by molar-refractivity contribution is 0.181. The van der Waals surface area contributed by atoms with E-state index in [0.29, 0.717) is 23.3 Å². The third-order valence-electron chi connectivity index (χ3n) is 2.61. The van der Waals surface area contributed by atoms with Crippen molar-refractivity contribution in [1.29, 1.82) is 0 Å². The summed E-state index contributed by atoms with van der Waals surface area (Å²) in [6.45, 7) is 0.385. The topological polar surface area (TPSA) is 47.0 Å². The molecule has 0 aliphatic heterocycles. The average molecular weight is 422 g/mol. The van der Waals surface area contributed by atoms with Crippen molar-refractivity contribution >= 4 is 49.3 Å². The number of benzene rings is 1. The number of aromatic nitrogens is 2. The zero-order chi connectivity index (χ0) is 14.7. The van der Waals surface area contributed by atoms with Gasteiger partial charge in [0.25, 0.3) is 0 Å². The molecule has 0 unspecified atom stereocenters. The van der Waals surface area contributed by atoms with Gasteiger partial charge in [-0.1, -0.05) is 27.5 Å². The molecular formula is C13H12Br2ClN3O. The van der Waals surface area contributed by atoms with Crippen LogP contribution in [-0.4, -0.2) is 24.1 Å². The van der Waals surface area contributed by atoms with E-state index in [4.69, 9.17) is 16.3 Å². The van der Waals surface area contributed by atoms with Gasteiger partial charge < -0.3 is 10.1 Å². The minimum absolute atomic E-state index is 0.385. The molecule has 20 heavy (non-hydrogen) atoms. The van der Waals surface area contributed by atoms with Gasteiger partial charge in [-0.2, -0.15) is 0 Å². The van der Waals surface area contributed by atoms with Gasteiger partial charge in [0.05, 0.1) is 21.8 Å². The molecule has 0 atom stereocenters. The lowest BCUT2D eigenvalue weighted by atomic mass is 10.2. The maximum atomic E-state index is 6.23. The number of nitrogens with zero attached hydrogens (tertiary/aromatic N) is 2. The van der Waals surface area contributed by atoms with Gasteiger partial charge >= 0.3 is 0 Å². The molecule has 0 amide bonds. The Morgan fingerprint density at radius 3 is 2.70 bits per heavy atom. The molecule has 1 N–H and O–H groups in total. The molecule has 4 nitrogen and oxygen atoms in total. The predicted octanol–water partition coefficient (Wildman–Crippen LogP) is 4.51. The Hall–Kier alpha value is -0.690. The molecule has 0 radical (unpaired) electrons. The number of methoxy groups -OCH3 is 1. The van der Waals surface area contributed by atoms with E-state index >= 15 is 0 Å². The molecule has 2 rings (SSSR count). The molecule has 1 heterocycles. The molecule has 0 saturated heterocycles. The van der Waals surface area contributed by atoms with Gasteiger partial charge in [0.15, 0.2) is 5.82 Å². The van der Waals surface area contributed by atoms with Crippen molar-refractivity contribution in [3.63, 3.8) is 0 Å². The number of rotatable bonds is 4. The zero-order valence-electron chi connectivity index (χ0n) is 10.9. The Bertz CT molecular complexity index is 637. The SMILES string of the molecule is CNc1nc(-c2cc(Br)ccc2Cl)nc(COC)c1Br. The van der Waals surface area contributed by atoms with E-state index in [0.717, 1.165) is 20.2 Å². The van der Waals surface area contributed by atoms with Crippen LogP contribution >= 0.6 is 43.5 Å². The summed E-state index contributed by atoms with van der Waals surface area (Å²) in [6, 6.07) is 5.57. The van der Waals surface area contributed by atoms with Crippen LogP contribution in [-0.2, 0) is 11.3 Å².